The van der Waals surface area contributed by atoms with Gasteiger partial charge in [0.2, 0.25) is 0 Å². The number of rotatable bonds is 2. The van der Waals surface area contributed by atoms with Crippen LogP contribution in [0.3, 0.4) is 0 Å². The van der Waals surface area contributed by atoms with Crippen molar-refractivity contribution in [2.45, 2.75) is 32.9 Å². The molecule has 0 saturated carbocycles. The second-order valence-corrected chi connectivity index (χ2v) is 6.80. The molecule has 1 atom stereocenters. The maximum absolute atomic E-state index is 12.2. The molecule has 0 fully saturated rings. The van der Waals surface area contributed by atoms with Crippen LogP contribution in [-0.4, -0.2) is 31.0 Å². The van der Waals surface area contributed by atoms with E-state index in [0.29, 0.717) is 12.5 Å². The summed E-state index contributed by atoms with van der Waals surface area (Å²) in [6.45, 7) is 6.61. The zero-order chi connectivity index (χ0) is 15.3. The van der Waals surface area contributed by atoms with Crippen molar-refractivity contribution in [1.82, 2.24) is 24.5 Å². The zero-order valence-corrected chi connectivity index (χ0v) is 13.4. The average molecular weight is 315 g/mol. The molecule has 0 spiro atoms. The second kappa shape index (κ2) is 5.03. The lowest BCUT2D eigenvalue weighted by Crippen LogP contribution is -2.32. The number of aromatic nitrogens is 4. The van der Waals surface area contributed by atoms with E-state index >= 15 is 0 Å². The van der Waals surface area contributed by atoms with E-state index in [2.05, 4.69) is 27.0 Å². The fourth-order valence-electron chi connectivity index (χ4n) is 3.19. The summed E-state index contributed by atoms with van der Waals surface area (Å²) < 4.78 is 1.67. The van der Waals surface area contributed by atoms with E-state index in [9.17, 15) is 4.79 Å². The molecule has 114 valence electrons. The van der Waals surface area contributed by atoms with Gasteiger partial charge in [0, 0.05) is 53.9 Å². The van der Waals surface area contributed by atoms with Crippen LogP contribution < -0.4 is 5.56 Å². The normalized spacial score (nSPS) is 18.7. The van der Waals surface area contributed by atoms with Crippen LogP contribution in [0, 0.1) is 6.92 Å². The van der Waals surface area contributed by atoms with Gasteiger partial charge in [0.25, 0.3) is 5.56 Å². The molecule has 1 unspecified atom stereocenters. The number of nitrogens with one attached hydrogen (secondary N) is 1. The predicted octanol–water partition coefficient (Wildman–Crippen LogP) is 1.91. The van der Waals surface area contributed by atoms with Crippen molar-refractivity contribution in [3.8, 4) is 0 Å². The molecule has 4 heterocycles. The van der Waals surface area contributed by atoms with Crippen molar-refractivity contribution in [3.63, 3.8) is 0 Å². The van der Waals surface area contributed by atoms with Crippen molar-refractivity contribution in [3.05, 3.63) is 50.6 Å². The molecule has 3 aromatic heterocycles. The summed E-state index contributed by atoms with van der Waals surface area (Å²) in [5.74, 6) is 0.417. The average Bonchev–Trinajstić information content (AvgIpc) is 3.06. The molecule has 3 aromatic rings. The number of hydrogen-bond donors (Lipinski definition) is 1. The highest BCUT2D eigenvalue weighted by molar-refractivity contribution is 7.15. The number of H-pyrrole nitrogens is 1. The van der Waals surface area contributed by atoms with Gasteiger partial charge >= 0.3 is 0 Å². The molecule has 1 N–H and O–H groups in total. The van der Waals surface area contributed by atoms with Crippen molar-refractivity contribution < 1.29 is 0 Å². The lowest BCUT2D eigenvalue weighted by molar-refractivity contribution is 0.223. The van der Waals surface area contributed by atoms with Gasteiger partial charge in [-0.1, -0.05) is 6.92 Å². The topological polar surface area (TPSA) is 66.3 Å². The lowest BCUT2D eigenvalue weighted by Gasteiger charge is -2.30. The minimum Gasteiger partial charge on any atom is -0.292 e. The Labute approximate surface area is 131 Å². The van der Waals surface area contributed by atoms with E-state index in [-0.39, 0.29) is 5.56 Å². The first kappa shape index (κ1) is 13.7. The number of thiazole rings is 1. The molecular weight excluding hydrogens is 298 g/mol. The van der Waals surface area contributed by atoms with E-state index in [1.54, 1.807) is 10.5 Å². The molecule has 4 rings (SSSR count). The molecule has 0 saturated heterocycles. The van der Waals surface area contributed by atoms with Crippen LogP contribution in [0.15, 0.2) is 22.4 Å². The Balaban J connectivity index is 1.63. The summed E-state index contributed by atoms with van der Waals surface area (Å²) >= 11 is 1.51. The number of fused-ring (bicyclic) bond motifs is 2. The van der Waals surface area contributed by atoms with Crippen molar-refractivity contribution in [2.75, 3.05) is 6.54 Å². The Morgan fingerprint density at radius 1 is 1.50 bits per heavy atom. The van der Waals surface area contributed by atoms with E-state index in [1.807, 2.05) is 18.5 Å². The second-order valence-electron chi connectivity index (χ2n) is 5.96. The minimum atomic E-state index is 0.00723. The molecular formula is C15H17N5OS. The maximum atomic E-state index is 12.2. The molecule has 0 aromatic carbocycles. The van der Waals surface area contributed by atoms with Gasteiger partial charge in [-0.05, 0) is 6.92 Å². The van der Waals surface area contributed by atoms with Crippen LogP contribution in [0.4, 0.5) is 0 Å². The van der Waals surface area contributed by atoms with Gasteiger partial charge in [-0.2, -0.15) is 5.10 Å². The standard InChI is InChI=1S/C15H17N5OS/c1-9-5-19(6-11-4-16-18-14(9)11)7-12-3-13(21)20-10(2)8-22-15(20)17-12/h3-4,8-9H,5-7H2,1-2H3,(H,16,18). The number of nitrogens with zero attached hydrogens (tertiary/aromatic N) is 4. The largest absolute Gasteiger partial charge is 0.292 e. The number of aryl methyl sites for hydroxylation is 1. The fraction of sp³-hybridized carbons (Fsp3) is 0.400. The first-order valence-corrected chi connectivity index (χ1v) is 8.21. The Morgan fingerprint density at radius 2 is 2.36 bits per heavy atom. The molecule has 0 aliphatic carbocycles. The quantitative estimate of drug-likeness (QED) is 0.784. The van der Waals surface area contributed by atoms with Crippen LogP contribution in [-0.2, 0) is 13.1 Å². The Hall–Kier alpha value is -1.99. The Kier molecular flexibility index (Phi) is 3.12. The first-order valence-electron chi connectivity index (χ1n) is 7.33. The maximum Gasteiger partial charge on any atom is 0.259 e. The highest BCUT2D eigenvalue weighted by atomic mass is 32.1. The summed E-state index contributed by atoms with van der Waals surface area (Å²) in [4.78, 5) is 20.0. The highest BCUT2D eigenvalue weighted by Gasteiger charge is 2.24. The minimum absolute atomic E-state index is 0.00723. The van der Waals surface area contributed by atoms with Crippen molar-refractivity contribution in [2.24, 2.45) is 0 Å². The smallest absolute Gasteiger partial charge is 0.259 e. The summed E-state index contributed by atoms with van der Waals surface area (Å²) in [6, 6.07) is 1.66. The molecule has 1 aliphatic rings. The molecule has 7 heteroatoms. The molecule has 6 nitrogen and oxygen atoms in total. The van der Waals surface area contributed by atoms with Crippen LogP contribution in [0.25, 0.3) is 4.96 Å². The van der Waals surface area contributed by atoms with Gasteiger partial charge in [-0.25, -0.2) is 4.98 Å². The van der Waals surface area contributed by atoms with E-state index in [4.69, 9.17) is 0 Å². The summed E-state index contributed by atoms with van der Waals surface area (Å²) in [5.41, 5.74) is 4.26. The monoisotopic (exact) mass is 315 g/mol. The first-order chi connectivity index (χ1) is 10.6. The molecule has 22 heavy (non-hydrogen) atoms. The predicted molar refractivity (Wildman–Crippen MR) is 85.2 cm³/mol. The fourth-order valence-corrected chi connectivity index (χ4v) is 4.08. The molecule has 1 aliphatic heterocycles. The van der Waals surface area contributed by atoms with E-state index in [0.717, 1.165) is 29.4 Å². The van der Waals surface area contributed by atoms with Crippen LogP contribution in [0.1, 0.15) is 35.5 Å². The summed E-state index contributed by atoms with van der Waals surface area (Å²) in [5, 5.41) is 9.18. The number of hydrogen-bond acceptors (Lipinski definition) is 5. The Morgan fingerprint density at radius 3 is 3.23 bits per heavy atom. The van der Waals surface area contributed by atoms with Crippen molar-refractivity contribution in [1.29, 1.82) is 0 Å². The highest BCUT2D eigenvalue weighted by Crippen LogP contribution is 2.26. The third kappa shape index (κ3) is 2.17. The molecule has 0 bridgehead atoms. The summed E-state index contributed by atoms with van der Waals surface area (Å²) in [7, 11) is 0. The van der Waals surface area contributed by atoms with Gasteiger partial charge in [0.1, 0.15) is 0 Å². The van der Waals surface area contributed by atoms with Gasteiger partial charge in [-0.3, -0.25) is 19.2 Å². The van der Waals surface area contributed by atoms with Gasteiger partial charge in [0.15, 0.2) is 4.96 Å². The van der Waals surface area contributed by atoms with Gasteiger partial charge < -0.3 is 0 Å². The third-order valence-electron chi connectivity index (χ3n) is 4.18. The lowest BCUT2D eigenvalue weighted by atomic mass is 9.98. The van der Waals surface area contributed by atoms with Crippen LogP contribution >= 0.6 is 11.3 Å². The molecule has 0 amide bonds. The number of aromatic amines is 1. The van der Waals surface area contributed by atoms with Gasteiger partial charge in [-0.15, -0.1) is 11.3 Å². The van der Waals surface area contributed by atoms with E-state index < -0.39 is 0 Å². The van der Waals surface area contributed by atoms with E-state index in [1.165, 1.54) is 22.6 Å². The Bertz CT molecular complexity index is 893. The molecule has 0 radical (unpaired) electrons. The zero-order valence-electron chi connectivity index (χ0n) is 12.5. The van der Waals surface area contributed by atoms with Crippen molar-refractivity contribution >= 4 is 16.3 Å². The summed E-state index contributed by atoms with van der Waals surface area (Å²) in [6.07, 6.45) is 1.89. The van der Waals surface area contributed by atoms with Crippen LogP contribution in [0.5, 0.6) is 0 Å². The van der Waals surface area contributed by atoms with Crippen LogP contribution in [0.2, 0.25) is 0 Å². The van der Waals surface area contributed by atoms with Gasteiger partial charge in [0.05, 0.1) is 11.9 Å². The SMILES string of the molecule is Cc1csc2nc(CN3Cc4cn[nH]c4C(C)C3)cc(=O)n12. The third-order valence-corrected chi connectivity index (χ3v) is 5.13.